The molecule has 1 aromatic heterocycles. The normalized spacial score (nSPS) is 17.9. The summed E-state index contributed by atoms with van der Waals surface area (Å²) in [4.78, 5) is 3.31. The topological polar surface area (TPSA) is 41.8 Å². The molecule has 1 heterocycles. The van der Waals surface area contributed by atoms with E-state index in [0.29, 0.717) is 0 Å². The highest BCUT2D eigenvalue weighted by Gasteiger charge is 2.37. The van der Waals surface area contributed by atoms with Crippen LogP contribution in [0.5, 0.6) is 0 Å². The first-order valence-electron chi connectivity index (χ1n) is 5.71. The molecule has 0 aliphatic heterocycles. The SMILES string of the molecule is NC1(CCc2c[nH]c3cc(Br)ccc23)CC1. The number of aromatic nitrogens is 1. The minimum atomic E-state index is 0.152. The Morgan fingerprint density at radius 2 is 2.19 bits per heavy atom. The summed E-state index contributed by atoms with van der Waals surface area (Å²) in [6.07, 6.45) is 6.69. The largest absolute Gasteiger partial charge is 0.361 e. The van der Waals surface area contributed by atoms with Gasteiger partial charge < -0.3 is 10.7 Å². The van der Waals surface area contributed by atoms with E-state index in [-0.39, 0.29) is 5.54 Å². The molecule has 1 aliphatic carbocycles. The minimum Gasteiger partial charge on any atom is -0.361 e. The minimum absolute atomic E-state index is 0.152. The Hall–Kier alpha value is -0.800. The Morgan fingerprint density at radius 3 is 2.94 bits per heavy atom. The summed E-state index contributed by atoms with van der Waals surface area (Å²) in [7, 11) is 0. The van der Waals surface area contributed by atoms with Crippen LogP contribution in [0.2, 0.25) is 0 Å². The van der Waals surface area contributed by atoms with E-state index in [9.17, 15) is 0 Å². The maximum atomic E-state index is 6.11. The summed E-state index contributed by atoms with van der Waals surface area (Å²) in [6, 6.07) is 6.38. The van der Waals surface area contributed by atoms with Crippen molar-refractivity contribution in [3.05, 3.63) is 34.4 Å². The van der Waals surface area contributed by atoms with Gasteiger partial charge in [0, 0.05) is 27.1 Å². The Balaban J connectivity index is 1.86. The van der Waals surface area contributed by atoms with Crippen LogP contribution in [-0.4, -0.2) is 10.5 Å². The summed E-state index contributed by atoms with van der Waals surface area (Å²) in [5.41, 5.74) is 8.85. The number of nitrogens with two attached hydrogens (primary N) is 1. The van der Waals surface area contributed by atoms with E-state index in [1.54, 1.807) is 0 Å². The number of halogens is 1. The van der Waals surface area contributed by atoms with Gasteiger partial charge in [0.2, 0.25) is 0 Å². The smallest absolute Gasteiger partial charge is 0.0468 e. The van der Waals surface area contributed by atoms with Gasteiger partial charge >= 0.3 is 0 Å². The van der Waals surface area contributed by atoms with Gasteiger partial charge in [-0.25, -0.2) is 0 Å². The molecule has 3 rings (SSSR count). The van der Waals surface area contributed by atoms with E-state index in [1.165, 1.54) is 29.3 Å². The lowest BCUT2D eigenvalue weighted by Gasteiger charge is -2.06. The van der Waals surface area contributed by atoms with E-state index in [4.69, 9.17) is 5.73 Å². The van der Waals surface area contributed by atoms with Gasteiger partial charge in [-0.1, -0.05) is 22.0 Å². The van der Waals surface area contributed by atoms with Crippen molar-refractivity contribution < 1.29 is 0 Å². The van der Waals surface area contributed by atoms with Crippen molar-refractivity contribution in [2.75, 3.05) is 0 Å². The molecule has 0 radical (unpaired) electrons. The van der Waals surface area contributed by atoms with Gasteiger partial charge in [0.25, 0.3) is 0 Å². The number of aryl methyl sites for hydroxylation is 1. The van der Waals surface area contributed by atoms with Crippen molar-refractivity contribution in [2.45, 2.75) is 31.2 Å². The molecule has 2 aromatic rings. The second-order valence-corrected chi connectivity index (χ2v) is 5.78. The molecule has 0 saturated heterocycles. The number of H-pyrrole nitrogens is 1. The Kier molecular flexibility index (Phi) is 2.33. The average Bonchev–Trinajstić information content (AvgIpc) is 2.87. The van der Waals surface area contributed by atoms with Crippen molar-refractivity contribution in [1.82, 2.24) is 4.98 Å². The average molecular weight is 279 g/mol. The van der Waals surface area contributed by atoms with E-state index in [0.717, 1.165) is 17.3 Å². The van der Waals surface area contributed by atoms with Crippen LogP contribution in [0.25, 0.3) is 10.9 Å². The maximum absolute atomic E-state index is 6.11. The van der Waals surface area contributed by atoms with Crippen molar-refractivity contribution in [2.24, 2.45) is 5.73 Å². The molecule has 0 spiro atoms. The first-order valence-corrected chi connectivity index (χ1v) is 6.50. The fourth-order valence-corrected chi connectivity index (χ4v) is 2.52. The first kappa shape index (κ1) is 10.4. The predicted molar refractivity (Wildman–Crippen MR) is 70.5 cm³/mol. The number of rotatable bonds is 3. The van der Waals surface area contributed by atoms with Gasteiger partial charge in [0.1, 0.15) is 0 Å². The van der Waals surface area contributed by atoms with Gasteiger partial charge in [-0.15, -0.1) is 0 Å². The third-order valence-electron chi connectivity index (χ3n) is 3.51. The fraction of sp³-hybridized carbons (Fsp3) is 0.385. The van der Waals surface area contributed by atoms with Crippen LogP contribution in [0, 0.1) is 0 Å². The quantitative estimate of drug-likeness (QED) is 0.888. The summed E-state index contributed by atoms with van der Waals surface area (Å²) in [5, 5.41) is 1.33. The van der Waals surface area contributed by atoms with Crippen LogP contribution in [0.1, 0.15) is 24.8 Å². The highest BCUT2D eigenvalue weighted by molar-refractivity contribution is 9.10. The second kappa shape index (κ2) is 3.60. The molecule has 0 unspecified atom stereocenters. The van der Waals surface area contributed by atoms with E-state index < -0.39 is 0 Å². The molecule has 84 valence electrons. The monoisotopic (exact) mass is 278 g/mol. The summed E-state index contributed by atoms with van der Waals surface area (Å²) >= 11 is 3.48. The third kappa shape index (κ3) is 1.89. The number of fused-ring (bicyclic) bond motifs is 1. The number of nitrogens with one attached hydrogen (secondary N) is 1. The van der Waals surface area contributed by atoms with E-state index >= 15 is 0 Å². The molecule has 16 heavy (non-hydrogen) atoms. The van der Waals surface area contributed by atoms with Crippen LogP contribution in [0.4, 0.5) is 0 Å². The van der Waals surface area contributed by atoms with Crippen LogP contribution < -0.4 is 5.73 Å². The fourth-order valence-electron chi connectivity index (χ4n) is 2.16. The third-order valence-corrected chi connectivity index (χ3v) is 4.01. The van der Waals surface area contributed by atoms with Crippen molar-refractivity contribution >= 4 is 26.8 Å². The van der Waals surface area contributed by atoms with Crippen LogP contribution in [0.3, 0.4) is 0 Å². The number of hydrogen-bond acceptors (Lipinski definition) is 1. The van der Waals surface area contributed by atoms with Crippen LogP contribution in [0.15, 0.2) is 28.9 Å². The van der Waals surface area contributed by atoms with Crippen molar-refractivity contribution in [3.63, 3.8) is 0 Å². The molecule has 0 bridgehead atoms. The molecular formula is C13H15BrN2. The van der Waals surface area contributed by atoms with Gasteiger partial charge in [-0.2, -0.15) is 0 Å². The Bertz CT molecular complexity index is 526. The maximum Gasteiger partial charge on any atom is 0.0468 e. The molecule has 1 saturated carbocycles. The Labute approximate surface area is 103 Å². The highest BCUT2D eigenvalue weighted by atomic mass is 79.9. The van der Waals surface area contributed by atoms with Crippen LogP contribution >= 0.6 is 15.9 Å². The second-order valence-electron chi connectivity index (χ2n) is 4.87. The van der Waals surface area contributed by atoms with Crippen molar-refractivity contribution in [3.8, 4) is 0 Å². The molecule has 1 fully saturated rings. The lowest BCUT2D eigenvalue weighted by atomic mass is 10.0. The van der Waals surface area contributed by atoms with E-state index in [1.807, 2.05) is 0 Å². The zero-order valence-corrected chi connectivity index (χ0v) is 10.7. The first-order chi connectivity index (χ1) is 7.66. The van der Waals surface area contributed by atoms with Gasteiger partial charge in [-0.05, 0) is 43.4 Å². The summed E-state index contributed by atoms with van der Waals surface area (Å²) < 4.78 is 1.12. The van der Waals surface area contributed by atoms with Gasteiger partial charge in [-0.3, -0.25) is 0 Å². The molecular weight excluding hydrogens is 264 g/mol. The molecule has 1 aliphatic rings. The zero-order valence-electron chi connectivity index (χ0n) is 9.09. The highest BCUT2D eigenvalue weighted by Crippen LogP contribution is 2.37. The zero-order chi connectivity index (χ0) is 11.2. The lowest BCUT2D eigenvalue weighted by Crippen LogP contribution is -2.21. The molecule has 0 atom stereocenters. The standard InChI is InChI=1S/C13H15BrN2/c14-10-1-2-11-9(8-16-12(11)7-10)3-4-13(15)5-6-13/h1-2,7-8,16H,3-6,15H2. The van der Waals surface area contributed by atoms with E-state index in [2.05, 4.69) is 45.3 Å². The van der Waals surface area contributed by atoms with Crippen molar-refractivity contribution in [1.29, 1.82) is 0 Å². The molecule has 0 amide bonds. The summed E-state index contributed by atoms with van der Waals surface area (Å²) in [5.74, 6) is 0. The molecule has 3 N–H and O–H groups in total. The number of hydrogen-bond donors (Lipinski definition) is 2. The number of benzene rings is 1. The lowest BCUT2D eigenvalue weighted by molar-refractivity contribution is 0.610. The molecule has 1 aromatic carbocycles. The molecule has 3 heteroatoms. The van der Waals surface area contributed by atoms with Gasteiger partial charge in [0.05, 0.1) is 0 Å². The molecule has 2 nitrogen and oxygen atoms in total. The number of aromatic amines is 1. The summed E-state index contributed by atoms with van der Waals surface area (Å²) in [6.45, 7) is 0. The Morgan fingerprint density at radius 1 is 1.38 bits per heavy atom. The van der Waals surface area contributed by atoms with Crippen LogP contribution in [-0.2, 0) is 6.42 Å². The predicted octanol–water partition coefficient (Wildman–Crippen LogP) is 3.35. The van der Waals surface area contributed by atoms with Gasteiger partial charge in [0.15, 0.2) is 0 Å².